The van der Waals surface area contributed by atoms with Crippen molar-refractivity contribution in [2.45, 2.75) is 52.4 Å². The van der Waals surface area contributed by atoms with Crippen LogP contribution in [0, 0.1) is 0 Å². The lowest BCUT2D eigenvalue weighted by Crippen LogP contribution is -2.61. The average molecular weight is 871 g/mol. The standard InChI is InChI=1S/C62H48B2N4/c1-61(2,3)37-31-47-45-27-17-25-43-41-23-13-15-29-51(41)67(59(43)45)63-49-35-50-54(36-53(49)65(55(33-37)57(47)63)39-19-9-7-10-20-39)66(40-21-11-8-12-22-40)56-34-38(62(4,5)6)32-48-46-28-18-26-44-42-24-14-16-30-52(42)68(60(44)46)64(50)58(48)56/h7-36H,1-6H3. The number of fused-ring (bicyclic) bond motifs is 14. The maximum absolute atomic E-state index is 2.71. The molecule has 0 fully saturated rings. The van der Waals surface area contributed by atoms with E-state index in [2.05, 4.69) is 242 Å². The van der Waals surface area contributed by atoms with E-state index in [-0.39, 0.29) is 24.5 Å². The van der Waals surface area contributed by atoms with Gasteiger partial charge in [-0.1, -0.05) is 169 Å². The largest absolute Gasteiger partial charge is 0.375 e. The van der Waals surface area contributed by atoms with Crippen LogP contribution in [0.5, 0.6) is 0 Å². The number of aromatic nitrogens is 2. The number of nitrogens with zero attached hydrogens (tertiary/aromatic N) is 4. The second-order valence-corrected chi connectivity index (χ2v) is 21.7. The molecule has 4 nitrogen and oxygen atoms in total. The molecule has 0 spiro atoms. The van der Waals surface area contributed by atoms with Crippen LogP contribution in [-0.2, 0) is 10.8 Å². The number of hydrogen-bond acceptors (Lipinski definition) is 2. The normalized spacial score (nSPS) is 14.2. The van der Waals surface area contributed by atoms with Crippen molar-refractivity contribution in [3.8, 4) is 22.3 Å². The van der Waals surface area contributed by atoms with Crippen LogP contribution in [0.3, 0.4) is 0 Å². The van der Waals surface area contributed by atoms with Gasteiger partial charge in [0.2, 0.25) is 0 Å². The monoisotopic (exact) mass is 870 g/mol. The minimum Gasteiger partial charge on any atom is -0.375 e. The fourth-order valence-corrected chi connectivity index (χ4v) is 12.9. The highest BCUT2D eigenvalue weighted by molar-refractivity contribution is 6.93. The Morgan fingerprint density at radius 1 is 0.338 bits per heavy atom. The molecular weight excluding hydrogens is 822 g/mol. The van der Waals surface area contributed by atoms with Gasteiger partial charge in [0.1, 0.15) is 0 Å². The highest BCUT2D eigenvalue weighted by atomic mass is 15.2. The van der Waals surface area contributed by atoms with E-state index in [0.717, 1.165) is 11.4 Å². The lowest BCUT2D eigenvalue weighted by Gasteiger charge is -2.45. The van der Waals surface area contributed by atoms with Crippen molar-refractivity contribution in [2.75, 3.05) is 9.80 Å². The van der Waals surface area contributed by atoms with Gasteiger partial charge in [0, 0.05) is 88.9 Å². The molecule has 0 saturated carbocycles. The first kappa shape index (κ1) is 38.4. The third-order valence-corrected chi connectivity index (χ3v) is 15.9. The summed E-state index contributed by atoms with van der Waals surface area (Å²) in [4.78, 5) is 5.21. The quantitative estimate of drug-likeness (QED) is 0.161. The first-order chi connectivity index (χ1) is 33.0. The second kappa shape index (κ2) is 13.0. The van der Waals surface area contributed by atoms with Gasteiger partial charge < -0.3 is 18.8 Å². The van der Waals surface area contributed by atoms with E-state index in [1.807, 2.05) is 0 Å². The molecule has 2 aromatic heterocycles. The van der Waals surface area contributed by atoms with Gasteiger partial charge in [-0.25, -0.2) is 0 Å². The molecule has 0 atom stereocenters. The molecule has 0 saturated heterocycles. The first-order valence-electron chi connectivity index (χ1n) is 24.3. The van der Waals surface area contributed by atoms with E-state index in [1.165, 1.54) is 122 Å². The van der Waals surface area contributed by atoms with Gasteiger partial charge in [-0.15, -0.1) is 0 Å². The van der Waals surface area contributed by atoms with Gasteiger partial charge in [-0.05, 0) is 110 Å². The summed E-state index contributed by atoms with van der Waals surface area (Å²) >= 11 is 0. The van der Waals surface area contributed by atoms with Crippen molar-refractivity contribution >= 4 is 113 Å². The van der Waals surface area contributed by atoms with Crippen molar-refractivity contribution in [2.24, 2.45) is 0 Å². The Hall–Kier alpha value is -7.69. The zero-order chi connectivity index (χ0) is 45.5. The summed E-state index contributed by atoms with van der Waals surface area (Å²) in [5, 5.41) is 5.22. The van der Waals surface area contributed by atoms with Gasteiger partial charge in [0.05, 0.1) is 0 Å². The molecule has 68 heavy (non-hydrogen) atoms. The molecule has 0 amide bonds. The summed E-state index contributed by atoms with van der Waals surface area (Å²) < 4.78 is 5.42. The number of anilines is 6. The smallest absolute Gasteiger partial charge is 0.333 e. The van der Waals surface area contributed by atoms with E-state index in [9.17, 15) is 0 Å². The van der Waals surface area contributed by atoms with Crippen LogP contribution < -0.4 is 31.7 Å². The minimum absolute atomic E-state index is 0.0850. The van der Waals surface area contributed by atoms with Crippen molar-refractivity contribution < 1.29 is 0 Å². The van der Waals surface area contributed by atoms with Gasteiger partial charge in [0.15, 0.2) is 0 Å². The highest BCUT2D eigenvalue weighted by Gasteiger charge is 2.48. The summed E-state index contributed by atoms with van der Waals surface area (Å²) in [6.45, 7) is 14.0. The summed E-state index contributed by atoms with van der Waals surface area (Å²) in [5.74, 6) is 0. The lowest BCUT2D eigenvalue weighted by molar-refractivity contribution is 0.590. The molecule has 9 aromatic carbocycles. The maximum Gasteiger partial charge on any atom is 0.333 e. The number of benzene rings is 9. The molecule has 0 N–H and O–H groups in total. The molecule has 6 heteroatoms. The Labute approximate surface area is 397 Å². The fraction of sp³-hybridized carbons (Fsp3) is 0.129. The van der Waals surface area contributed by atoms with Gasteiger partial charge in [-0.2, -0.15) is 0 Å². The zero-order valence-electron chi connectivity index (χ0n) is 39.3. The Morgan fingerprint density at radius 3 is 1.16 bits per heavy atom. The predicted molar refractivity (Wildman–Crippen MR) is 291 cm³/mol. The molecular formula is C62H48B2N4. The molecule has 4 aliphatic heterocycles. The Bertz CT molecular complexity index is 3760. The van der Waals surface area contributed by atoms with E-state index in [0.29, 0.717) is 0 Å². The molecule has 0 aliphatic carbocycles. The molecule has 0 unspecified atom stereocenters. The predicted octanol–water partition coefficient (Wildman–Crippen LogP) is 13.3. The van der Waals surface area contributed by atoms with Crippen LogP contribution in [0.2, 0.25) is 0 Å². The van der Waals surface area contributed by atoms with E-state index < -0.39 is 0 Å². The van der Waals surface area contributed by atoms with Crippen LogP contribution in [0.25, 0.3) is 65.9 Å². The lowest BCUT2D eigenvalue weighted by atomic mass is 9.41. The summed E-state index contributed by atoms with van der Waals surface area (Å²) in [7, 11) is 0. The van der Waals surface area contributed by atoms with Gasteiger partial charge in [0.25, 0.3) is 0 Å². The van der Waals surface area contributed by atoms with Crippen LogP contribution in [0.1, 0.15) is 52.7 Å². The molecule has 0 bridgehead atoms. The average Bonchev–Trinajstić information content (AvgIpc) is 3.87. The number of para-hydroxylation sites is 6. The maximum atomic E-state index is 2.71. The summed E-state index contributed by atoms with van der Waals surface area (Å²) in [6.07, 6.45) is 0. The number of hydrogen-bond donors (Lipinski definition) is 0. The van der Waals surface area contributed by atoms with Gasteiger partial charge in [-0.3, -0.25) is 0 Å². The molecule has 6 heterocycles. The Kier molecular flexibility index (Phi) is 7.37. The van der Waals surface area contributed by atoms with Crippen LogP contribution in [0.4, 0.5) is 34.1 Å². The van der Waals surface area contributed by atoms with Crippen molar-refractivity contribution in [3.05, 3.63) is 193 Å². The SMILES string of the molecule is CC(C)(C)c1cc2c3c(c1)N(c1ccccc1)c1cc4c(cc1B3n1c3ccccc3c3cccc-2c31)B1c2c(cc(C(C)(C)C)cc2N4c2ccccc2)-c2cccc3c4ccccc4n1c23. The third-order valence-electron chi connectivity index (χ3n) is 15.9. The molecule has 4 aliphatic rings. The first-order valence-corrected chi connectivity index (χ1v) is 24.3. The van der Waals surface area contributed by atoms with Crippen LogP contribution in [0.15, 0.2) is 182 Å². The van der Waals surface area contributed by atoms with Crippen molar-refractivity contribution in [1.82, 2.24) is 8.96 Å². The Morgan fingerprint density at radius 2 is 0.735 bits per heavy atom. The zero-order valence-corrected chi connectivity index (χ0v) is 39.3. The topological polar surface area (TPSA) is 16.3 Å². The van der Waals surface area contributed by atoms with Crippen molar-refractivity contribution in [1.29, 1.82) is 0 Å². The summed E-state index contributed by atoms with van der Waals surface area (Å²) in [6, 6.07) is 69.8. The summed E-state index contributed by atoms with van der Waals surface area (Å²) in [5.41, 5.74) is 25.6. The molecule has 0 radical (unpaired) electrons. The van der Waals surface area contributed by atoms with Crippen molar-refractivity contribution in [3.63, 3.8) is 0 Å². The molecule has 15 rings (SSSR count). The molecule has 322 valence electrons. The van der Waals surface area contributed by atoms with Crippen LogP contribution >= 0.6 is 0 Å². The Balaban J connectivity index is 1.14. The van der Waals surface area contributed by atoms with E-state index in [1.54, 1.807) is 0 Å². The fourth-order valence-electron chi connectivity index (χ4n) is 12.9. The number of rotatable bonds is 2. The minimum atomic E-state index is -0.0873. The van der Waals surface area contributed by atoms with Gasteiger partial charge >= 0.3 is 13.7 Å². The van der Waals surface area contributed by atoms with E-state index >= 15 is 0 Å². The molecule has 11 aromatic rings. The van der Waals surface area contributed by atoms with Crippen LogP contribution in [-0.4, -0.2) is 22.7 Å². The highest BCUT2D eigenvalue weighted by Crippen LogP contribution is 2.51. The third kappa shape index (κ3) is 4.87. The van der Waals surface area contributed by atoms with E-state index in [4.69, 9.17) is 0 Å². The second-order valence-electron chi connectivity index (χ2n) is 21.7.